The summed E-state index contributed by atoms with van der Waals surface area (Å²) in [5.41, 5.74) is -0.776. The summed E-state index contributed by atoms with van der Waals surface area (Å²) in [6.07, 6.45) is 0. The molecule has 0 aromatic carbocycles. The molecule has 0 atom stereocenters. The van der Waals surface area contributed by atoms with E-state index in [1.165, 1.54) is 0 Å². The van der Waals surface area contributed by atoms with Gasteiger partial charge in [0.05, 0.1) is 12.0 Å². The van der Waals surface area contributed by atoms with Crippen LogP contribution >= 0.6 is 11.6 Å². The lowest BCUT2D eigenvalue weighted by Crippen LogP contribution is -2.23. The van der Waals surface area contributed by atoms with Gasteiger partial charge in [-0.2, -0.15) is 0 Å². The highest BCUT2D eigenvalue weighted by Crippen LogP contribution is 2.16. The summed E-state index contributed by atoms with van der Waals surface area (Å²) in [6.45, 7) is 2.97. The number of carbonyl (C=O) groups excluding carboxylic acids is 1. The summed E-state index contributed by atoms with van der Waals surface area (Å²) < 4.78 is 0. The average molecular weight is 154 g/mol. The van der Waals surface area contributed by atoms with Crippen molar-refractivity contribution in [1.82, 2.24) is 6.15 Å². The highest BCUT2D eigenvalue weighted by Gasteiger charge is 2.23. The van der Waals surface area contributed by atoms with Crippen LogP contribution in [0.2, 0.25) is 0 Å². The first-order valence-corrected chi connectivity index (χ1v) is 2.69. The lowest BCUT2D eigenvalue weighted by Gasteiger charge is -2.13. The molecule has 0 aromatic rings. The van der Waals surface area contributed by atoms with Gasteiger partial charge in [-0.3, -0.25) is 4.79 Å². The van der Waals surface area contributed by atoms with Gasteiger partial charge in [-0.05, 0) is 25.4 Å². The molecule has 9 heavy (non-hydrogen) atoms. The number of aliphatic hydroxyl groups is 1. The van der Waals surface area contributed by atoms with Gasteiger partial charge in [-0.15, -0.1) is 0 Å². The molecule has 0 bridgehead atoms. The minimum atomic E-state index is -0.776. The van der Waals surface area contributed by atoms with E-state index < -0.39 is 10.7 Å². The lowest BCUT2D eigenvalue weighted by atomic mass is 9.97. The Morgan fingerprint density at radius 1 is 1.67 bits per heavy atom. The van der Waals surface area contributed by atoms with Crippen LogP contribution in [0.3, 0.4) is 0 Å². The number of carbonyl (C=O) groups is 1. The van der Waals surface area contributed by atoms with Gasteiger partial charge in [0.25, 0.3) is 0 Å². The molecule has 4 heteroatoms. The number of aliphatic hydroxyl groups excluding tert-OH is 1. The van der Waals surface area contributed by atoms with Crippen molar-refractivity contribution in [2.24, 2.45) is 5.41 Å². The van der Waals surface area contributed by atoms with Crippen molar-refractivity contribution in [1.29, 1.82) is 0 Å². The fourth-order valence-corrected chi connectivity index (χ4v) is 0.122. The van der Waals surface area contributed by atoms with Gasteiger partial charge in [0.2, 0.25) is 5.24 Å². The van der Waals surface area contributed by atoms with Crippen LogP contribution in [-0.2, 0) is 4.79 Å². The monoisotopic (exact) mass is 153 g/mol. The highest BCUT2D eigenvalue weighted by molar-refractivity contribution is 6.64. The predicted molar refractivity (Wildman–Crippen MR) is 36.7 cm³/mol. The van der Waals surface area contributed by atoms with Crippen molar-refractivity contribution in [3.05, 3.63) is 0 Å². The first kappa shape index (κ1) is 11.6. The second kappa shape index (κ2) is 3.82. The molecule has 0 heterocycles. The van der Waals surface area contributed by atoms with E-state index in [0.717, 1.165) is 0 Å². The molecule has 0 saturated carbocycles. The predicted octanol–water partition coefficient (Wildman–Crippen LogP) is 0.932. The third-order valence-electron chi connectivity index (χ3n) is 0.927. The molecule has 0 radical (unpaired) electrons. The zero-order valence-corrected chi connectivity index (χ0v) is 6.40. The molecular weight excluding hydrogens is 142 g/mol. The molecule has 56 valence electrons. The zero-order valence-electron chi connectivity index (χ0n) is 5.65. The summed E-state index contributed by atoms with van der Waals surface area (Å²) in [5.74, 6) is 0. The van der Waals surface area contributed by atoms with Gasteiger partial charge >= 0.3 is 0 Å². The van der Waals surface area contributed by atoms with Crippen LogP contribution in [0.5, 0.6) is 0 Å². The molecule has 0 unspecified atom stereocenters. The molecule has 0 aromatic heterocycles. The maximum atomic E-state index is 10.3. The van der Waals surface area contributed by atoms with Crippen molar-refractivity contribution in [3.8, 4) is 0 Å². The van der Waals surface area contributed by atoms with Gasteiger partial charge in [0.1, 0.15) is 0 Å². The van der Waals surface area contributed by atoms with Gasteiger partial charge in [-0.1, -0.05) is 0 Å². The molecule has 3 nitrogen and oxygen atoms in total. The smallest absolute Gasteiger partial charge is 0.229 e. The standard InChI is InChI=1S/C5H9ClO2.H3N/c1-5(2,3-7)4(6)8;/h7H,3H2,1-2H3;1H3. The van der Waals surface area contributed by atoms with Crippen LogP contribution in [0, 0.1) is 5.41 Å². The molecule has 0 fully saturated rings. The van der Waals surface area contributed by atoms with Gasteiger partial charge in [0, 0.05) is 0 Å². The fourth-order valence-electron chi connectivity index (χ4n) is 0.0622. The maximum Gasteiger partial charge on any atom is 0.229 e. The zero-order chi connectivity index (χ0) is 6.78. The SMILES string of the molecule is CC(C)(CO)C(=O)Cl.N. The minimum Gasteiger partial charge on any atom is -0.395 e. The molecule has 0 rings (SSSR count). The summed E-state index contributed by atoms with van der Waals surface area (Å²) >= 11 is 5.07. The van der Waals surface area contributed by atoms with Crippen molar-refractivity contribution < 1.29 is 9.90 Å². The molecule has 0 aliphatic carbocycles. The van der Waals surface area contributed by atoms with Gasteiger partial charge in [-0.25, -0.2) is 0 Å². The summed E-state index contributed by atoms with van der Waals surface area (Å²) in [4.78, 5) is 10.3. The third-order valence-corrected chi connectivity index (χ3v) is 1.44. The van der Waals surface area contributed by atoms with E-state index in [4.69, 9.17) is 16.7 Å². The summed E-state index contributed by atoms with van der Waals surface area (Å²) in [7, 11) is 0. The number of halogens is 1. The molecule has 4 N–H and O–H groups in total. The van der Waals surface area contributed by atoms with Gasteiger partial charge < -0.3 is 11.3 Å². The van der Waals surface area contributed by atoms with E-state index in [0.29, 0.717) is 0 Å². The Bertz CT molecular complexity index is 103. The molecule has 0 saturated heterocycles. The fraction of sp³-hybridized carbons (Fsp3) is 0.800. The van der Waals surface area contributed by atoms with Gasteiger partial charge in [0.15, 0.2) is 0 Å². The average Bonchev–Trinajstić information content (AvgIpc) is 1.67. The molecule has 0 aliphatic heterocycles. The Labute approximate surface area is 59.6 Å². The molecule has 0 amide bonds. The Balaban J connectivity index is 0. The van der Waals surface area contributed by atoms with E-state index in [2.05, 4.69) is 0 Å². The van der Waals surface area contributed by atoms with E-state index in [1.807, 2.05) is 0 Å². The highest BCUT2D eigenvalue weighted by atomic mass is 35.5. The number of rotatable bonds is 2. The largest absolute Gasteiger partial charge is 0.395 e. The maximum absolute atomic E-state index is 10.3. The van der Waals surface area contributed by atoms with E-state index in [-0.39, 0.29) is 12.8 Å². The van der Waals surface area contributed by atoms with Crippen LogP contribution in [-0.4, -0.2) is 17.0 Å². The first-order chi connectivity index (χ1) is 3.50. The minimum absolute atomic E-state index is 0. The number of hydrogen-bond acceptors (Lipinski definition) is 3. The van der Waals surface area contributed by atoms with Crippen molar-refractivity contribution in [3.63, 3.8) is 0 Å². The van der Waals surface area contributed by atoms with E-state index in [1.54, 1.807) is 13.8 Å². The van der Waals surface area contributed by atoms with Crippen LogP contribution < -0.4 is 6.15 Å². The quantitative estimate of drug-likeness (QED) is 0.580. The van der Waals surface area contributed by atoms with Crippen molar-refractivity contribution in [2.75, 3.05) is 6.61 Å². The van der Waals surface area contributed by atoms with Crippen LogP contribution in [0.4, 0.5) is 0 Å². The molecule has 0 aliphatic rings. The third kappa shape index (κ3) is 3.46. The summed E-state index contributed by atoms with van der Waals surface area (Å²) in [5, 5.41) is 7.96. The van der Waals surface area contributed by atoms with Crippen molar-refractivity contribution in [2.45, 2.75) is 13.8 Å². The van der Waals surface area contributed by atoms with E-state index in [9.17, 15) is 4.79 Å². The topological polar surface area (TPSA) is 72.3 Å². The van der Waals surface area contributed by atoms with Crippen LogP contribution in [0.15, 0.2) is 0 Å². The van der Waals surface area contributed by atoms with E-state index >= 15 is 0 Å². The second-order valence-electron chi connectivity index (χ2n) is 2.32. The second-order valence-corrected chi connectivity index (χ2v) is 2.66. The Hall–Kier alpha value is -0.120. The van der Waals surface area contributed by atoms with Crippen molar-refractivity contribution >= 4 is 16.8 Å². The van der Waals surface area contributed by atoms with Crippen LogP contribution in [0.25, 0.3) is 0 Å². The number of hydrogen-bond donors (Lipinski definition) is 2. The molecular formula is C5H12ClNO2. The normalized spacial score (nSPS) is 10.2. The first-order valence-electron chi connectivity index (χ1n) is 2.31. The summed E-state index contributed by atoms with van der Waals surface area (Å²) in [6, 6.07) is 0. The lowest BCUT2D eigenvalue weighted by molar-refractivity contribution is -0.120. The van der Waals surface area contributed by atoms with Crippen LogP contribution in [0.1, 0.15) is 13.8 Å². The molecule has 0 spiro atoms. The Morgan fingerprint density at radius 3 is 2.00 bits per heavy atom. The Kier molecular flexibility index (Phi) is 4.95. The Morgan fingerprint density at radius 2 is 2.00 bits per heavy atom.